The zero-order valence-electron chi connectivity index (χ0n) is 10.6. The Hall–Kier alpha value is -2.14. The Morgan fingerprint density at radius 2 is 1.90 bits per heavy atom. The highest BCUT2D eigenvalue weighted by molar-refractivity contribution is 6.30. The van der Waals surface area contributed by atoms with E-state index in [9.17, 15) is 14.5 Å². The molecule has 1 atom stereocenters. The fourth-order valence-electron chi connectivity index (χ4n) is 1.79. The lowest BCUT2D eigenvalue weighted by molar-refractivity contribution is -0.384. The van der Waals surface area contributed by atoms with Crippen molar-refractivity contribution >= 4 is 23.0 Å². The largest absolute Gasteiger partial charge is 0.379 e. The predicted molar refractivity (Wildman–Crippen MR) is 76.5 cm³/mol. The van der Waals surface area contributed by atoms with E-state index < -0.39 is 10.7 Å². The number of nitro benzene ring substituents is 1. The molecule has 2 rings (SSSR count). The molecule has 0 saturated carbocycles. The van der Waals surface area contributed by atoms with Gasteiger partial charge in [-0.25, -0.2) is 4.39 Å². The zero-order valence-corrected chi connectivity index (χ0v) is 11.4. The molecular formula is C14H12ClFN2O2. The summed E-state index contributed by atoms with van der Waals surface area (Å²) in [7, 11) is 0. The maximum Gasteiger partial charge on any atom is 0.269 e. The van der Waals surface area contributed by atoms with E-state index in [0.717, 1.165) is 11.3 Å². The molecule has 2 aromatic rings. The molecule has 0 aliphatic rings. The van der Waals surface area contributed by atoms with E-state index in [1.807, 2.05) is 6.92 Å². The van der Waals surface area contributed by atoms with Crippen LogP contribution in [0.25, 0.3) is 0 Å². The van der Waals surface area contributed by atoms with Crippen molar-refractivity contribution in [2.75, 3.05) is 5.32 Å². The molecule has 0 aromatic heterocycles. The molecule has 0 heterocycles. The summed E-state index contributed by atoms with van der Waals surface area (Å²) in [5, 5.41) is 13.8. The van der Waals surface area contributed by atoms with Crippen molar-refractivity contribution in [1.29, 1.82) is 0 Å². The second-order valence-corrected chi connectivity index (χ2v) is 4.75. The van der Waals surface area contributed by atoms with Crippen molar-refractivity contribution in [3.05, 3.63) is 69.0 Å². The van der Waals surface area contributed by atoms with Crippen LogP contribution in [-0.2, 0) is 0 Å². The average Bonchev–Trinajstić information content (AvgIpc) is 2.42. The third-order valence-corrected chi connectivity index (χ3v) is 3.19. The fourth-order valence-corrected chi connectivity index (χ4v) is 1.98. The van der Waals surface area contributed by atoms with Crippen molar-refractivity contribution in [3.63, 3.8) is 0 Å². The highest BCUT2D eigenvalue weighted by Crippen LogP contribution is 2.24. The van der Waals surface area contributed by atoms with Gasteiger partial charge in [0.15, 0.2) is 0 Å². The van der Waals surface area contributed by atoms with Crippen molar-refractivity contribution in [2.24, 2.45) is 0 Å². The van der Waals surface area contributed by atoms with Gasteiger partial charge in [0, 0.05) is 23.9 Å². The van der Waals surface area contributed by atoms with E-state index >= 15 is 0 Å². The minimum atomic E-state index is -0.460. The first-order chi connectivity index (χ1) is 9.47. The first kappa shape index (κ1) is 14.3. The number of nitrogens with one attached hydrogen (secondary N) is 1. The molecule has 0 aliphatic carbocycles. The predicted octanol–water partition coefficient (Wildman–Crippen LogP) is 4.56. The maximum atomic E-state index is 13.1. The van der Waals surface area contributed by atoms with Gasteiger partial charge >= 0.3 is 0 Å². The van der Waals surface area contributed by atoms with Crippen LogP contribution in [0.1, 0.15) is 18.5 Å². The third-order valence-electron chi connectivity index (χ3n) is 2.90. The Kier molecular flexibility index (Phi) is 4.20. The molecule has 0 aliphatic heterocycles. The number of anilines is 1. The van der Waals surface area contributed by atoms with E-state index in [0.29, 0.717) is 0 Å². The van der Waals surface area contributed by atoms with Crippen LogP contribution in [0.2, 0.25) is 5.02 Å². The number of rotatable bonds is 4. The van der Waals surface area contributed by atoms with Gasteiger partial charge in [-0.15, -0.1) is 0 Å². The molecule has 1 unspecified atom stereocenters. The maximum absolute atomic E-state index is 13.1. The average molecular weight is 295 g/mol. The summed E-state index contributed by atoms with van der Waals surface area (Å²) in [5.41, 5.74) is 1.60. The van der Waals surface area contributed by atoms with Gasteiger partial charge < -0.3 is 5.32 Å². The van der Waals surface area contributed by atoms with Gasteiger partial charge in [0.25, 0.3) is 5.69 Å². The van der Waals surface area contributed by atoms with Gasteiger partial charge in [-0.1, -0.05) is 17.7 Å². The first-order valence-corrected chi connectivity index (χ1v) is 6.31. The minimum absolute atomic E-state index is 0.0352. The third kappa shape index (κ3) is 3.24. The lowest BCUT2D eigenvalue weighted by Gasteiger charge is -2.16. The summed E-state index contributed by atoms with van der Waals surface area (Å²) in [5.74, 6) is -0.460. The van der Waals surface area contributed by atoms with E-state index in [1.54, 1.807) is 24.3 Å². The highest BCUT2D eigenvalue weighted by atomic mass is 35.5. The molecule has 4 nitrogen and oxygen atoms in total. The van der Waals surface area contributed by atoms with Crippen LogP contribution in [0.4, 0.5) is 15.8 Å². The molecule has 0 bridgehead atoms. The Morgan fingerprint density at radius 1 is 1.25 bits per heavy atom. The van der Waals surface area contributed by atoms with Crippen molar-refractivity contribution in [1.82, 2.24) is 0 Å². The van der Waals surface area contributed by atoms with Gasteiger partial charge in [0.2, 0.25) is 0 Å². The number of hydrogen-bond donors (Lipinski definition) is 1. The molecule has 20 heavy (non-hydrogen) atoms. The Balaban J connectivity index is 2.12. The lowest BCUT2D eigenvalue weighted by Crippen LogP contribution is -2.06. The molecule has 1 N–H and O–H groups in total. The summed E-state index contributed by atoms with van der Waals surface area (Å²) in [4.78, 5) is 10.1. The Morgan fingerprint density at radius 3 is 2.45 bits per heavy atom. The molecule has 0 fully saturated rings. The van der Waals surface area contributed by atoms with E-state index in [4.69, 9.17) is 11.6 Å². The van der Waals surface area contributed by atoms with Gasteiger partial charge in [-0.2, -0.15) is 0 Å². The van der Waals surface area contributed by atoms with Crippen molar-refractivity contribution in [3.8, 4) is 0 Å². The van der Waals surface area contributed by atoms with Gasteiger partial charge in [-0.3, -0.25) is 10.1 Å². The molecular weight excluding hydrogens is 283 g/mol. The highest BCUT2D eigenvalue weighted by Gasteiger charge is 2.09. The molecule has 0 radical (unpaired) electrons. The smallest absolute Gasteiger partial charge is 0.269 e. The normalized spacial score (nSPS) is 11.9. The fraction of sp³-hybridized carbons (Fsp3) is 0.143. The Bertz CT molecular complexity index is 632. The van der Waals surface area contributed by atoms with Crippen LogP contribution in [0.3, 0.4) is 0 Å². The van der Waals surface area contributed by atoms with E-state index in [1.165, 1.54) is 18.2 Å². The molecule has 104 valence electrons. The number of non-ortho nitro benzene ring substituents is 1. The van der Waals surface area contributed by atoms with Crippen LogP contribution < -0.4 is 5.32 Å². The van der Waals surface area contributed by atoms with Gasteiger partial charge in [-0.05, 0) is 36.8 Å². The quantitative estimate of drug-likeness (QED) is 0.664. The van der Waals surface area contributed by atoms with E-state index in [-0.39, 0.29) is 16.8 Å². The van der Waals surface area contributed by atoms with E-state index in [2.05, 4.69) is 5.32 Å². The van der Waals surface area contributed by atoms with Crippen LogP contribution in [0, 0.1) is 15.9 Å². The van der Waals surface area contributed by atoms with Gasteiger partial charge in [0.1, 0.15) is 5.82 Å². The molecule has 2 aromatic carbocycles. The van der Waals surface area contributed by atoms with Gasteiger partial charge in [0.05, 0.1) is 9.95 Å². The summed E-state index contributed by atoms with van der Waals surface area (Å²) in [6, 6.07) is 10.5. The summed E-state index contributed by atoms with van der Waals surface area (Å²) in [6.07, 6.45) is 0. The lowest BCUT2D eigenvalue weighted by atomic mass is 10.1. The van der Waals surface area contributed by atoms with Crippen LogP contribution in [-0.4, -0.2) is 4.92 Å². The summed E-state index contributed by atoms with van der Waals surface area (Å²) in [6.45, 7) is 1.89. The molecule has 0 saturated heterocycles. The summed E-state index contributed by atoms with van der Waals surface area (Å²) >= 11 is 5.74. The number of halogens is 2. The number of nitro groups is 1. The SMILES string of the molecule is CC(Nc1ccc([N+](=O)[O-])cc1)c1ccc(F)c(Cl)c1. The second kappa shape index (κ2) is 5.88. The first-order valence-electron chi connectivity index (χ1n) is 5.93. The number of hydrogen-bond acceptors (Lipinski definition) is 3. The number of nitrogens with zero attached hydrogens (tertiary/aromatic N) is 1. The van der Waals surface area contributed by atoms with Crippen LogP contribution in [0.5, 0.6) is 0 Å². The molecule has 0 spiro atoms. The summed E-state index contributed by atoms with van der Waals surface area (Å²) < 4.78 is 13.1. The monoisotopic (exact) mass is 294 g/mol. The molecule has 0 amide bonds. The van der Waals surface area contributed by atoms with Crippen molar-refractivity contribution in [2.45, 2.75) is 13.0 Å². The zero-order chi connectivity index (χ0) is 14.7. The topological polar surface area (TPSA) is 55.2 Å². The standard InChI is InChI=1S/C14H12ClFN2O2/c1-9(10-2-7-14(16)13(15)8-10)17-11-3-5-12(6-4-11)18(19)20/h2-9,17H,1H3. The van der Waals surface area contributed by atoms with Crippen molar-refractivity contribution < 1.29 is 9.31 Å². The minimum Gasteiger partial charge on any atom is -0.379 e. The van der Waals surface area contributed by atoms with Crippen LogP contribution in [0.15, 0.2) is 42.5 Å². The molecule has 6 heteroatoms. The number of benzene rings is 2. The second-order valence-electron chi connectivity index (χ2n) is 4.34. The Labute approximate surface area is 120 Å². The van der Waals surface area contributed by atoms with Crippen LogP contribution >= 0.6 is 11.6 Å².